The molecule has 0 unspecified atom stereocenters. The van der Waals surface area contributed by atoms with Crippen molar-refractivity contribution in [1.82, 2.24) is 4.98 Å². The lowest BCUT2D eigenvalue weighted by atomic mass is 10.0. The van der Waals surface area contributed by atoms with Crippen LogP contribution in [0.15, 0.2) is 54.6 Å². The van der Waals surface area contributed by atoms with Crippen LogP contribution in [0, 0.1) is 17.5 Å². The predicted octanol–water partition coefficient (Wildman–Crippen LogP) is 5.17. The maximum absolute atomic E-state index is 14.0. The fourth-order valence-corrected chi connectivity index (χ4v) is 3.16. The minimum Gasteiger partial charge on any atom is -0.416 e. The minimum absolute atomic E-state index is 0.0811. The number of carbonyl (C=O) groups is 1. The molecule has 7 heteroatoms. The second kappa shape index (κ2) is 7.52. The predicted molar refractivity (Wildman–Crippen MR) is 101 cm³/mol. The van der Waals surface area contributed by atoms with Gasteiger partial charge in [0.05, 0.1) is 23.2 Å². The summed E-state index contributed by atoms with van der Waals surface area (Å²) in [6, 6.07) is 13.3. The molecule has 0 aliphatic carbocycles. The number of hydrogen-bond donors (Lipinski definition) is 0. The molecule has 4 rings (SSSR count). The van der Waals surface area contributed by atoms with Crippen LogP contribution in [0.2, 0.25) is 0 Å². The number of carbonyl (C=O) groups excluding carboxylic acids is 1. The molecule has 0 aliphatic heterocycles. The molecular weight excluding hydrogens is 383 g/mol. The third kappa shape index (κ3) is 3.40. The quantitative estimate of drug-likeness (QED) is 0.206. The second-order valence-corrected chi connectivity index (χ2v) is 6.35. The molecule has 0 atom stereocenters. The Morgan fingerprint density at radius 3 is 2.45 bits per heavy atom. The van der Waals surface area contributed by atoms with Crippen molar-refractivity contribution in [2.45, 2.75) is 6.61 Å². The summed E-state index contributed by atoms with van der Waals surface area (Å²) in [5, 5.41) is 0.882. The van der Waals surface area contributed by atoms with Gasteiger partial charge >= 0.3 is 5.97 Å². The summed E-state index contributed by atoms with van der Waals surface area (Å²) in [6.45, 7) is 0.351. The molecule has 0 fully saturated rings. The molecule has 0 aliphatic rings. The van der Waals surface area contributed by atoms with Crippen molar-refractivity contribution in [2.24, 2.45) is 0 Å². The van der Waals surface area contributed by atoms with E-state index in [9.17, 15) is 18.0 Å². The number of aromatic nitrogens is 1. The lowest BCUT2D eigenvalue weighted by Crippen LogP contribution is -2.13. The van der Waals surface area contributed by atoms with Crippen molar-refractivity contribution in [3.8, 4) is 5.75 Å². The van der Waals surface area contributed by atoms with Gasteiger partial charge in [0.15, 0.2) is 11.6 Å². The Morgan fingerprint density at radius 2 is 1.66 bits per heavy atom. The zero-order valence-electron chi connectivity index (χ0n) is 15.2. The number of ether oxygens (including phenoxy) is 2. The maximum Gasteiger partial charge on any atom is 0.345 e. The van der Waals surface area contributed by atoms with Crippen LogP contribution in [0.25, 0.3) is 21.8 Å². The number of nitrogens with zero attached hydrogens (tertiary/aromatic N) is 1. The number of rotatable bonds is 4. The van der Waals surface area contributed by atoms with Gasteiger partial charge < -0.3 is 9.47 Å². The van der Waals surface area contributed by atoms with E-state index >= 15 is 0 Å². The van der Waals surface area contributed by atoms with E-state index in [1.165, 1.54) is 0 Å². The Hall–Kier alpha value is -3.45. The third-order valence-electron chi connectivity index (χ3n) is 4.46. The van der Waals surface area contributed by atoms with Crippen LogP contribution >= 0.6 is 0 Å². The van der Waals surface area contributed by atoms with Crippen LogP contribution in [-0.4, -0.2) is 18.1 Å². The molecule has 4 nitrogen and oxygen atoms in total. The smallest absolute Gasteiger partial charge is 0.345 e. The molecule has 146 valence electrons. The average molecular weight is 397 g/mol. The lowest BCUT2D eigenvalue weighted by Gasteiger charge is -2.12. The highest BCUT2D eigenvalue weighted by molar-refractivity contribution is 6.14. The van der Waals surface area contributed by atoms with Gasteiger partial charge in [-0.3, -0.25) is 0 Å². The fraction of sp³-hybridized carbons (Fsp3) is 0.0909. The summed E-state index contributed by atoms with van der Waals surface area (Å²) in [6.07, 6.45) is 0. The first-order valence-corrected chi connectivity index (χ1v) is 8.65. The van der Waals surface area contributed by atoms with Crippen molar-refractivity contribution in [3.05, 3.63) is 83.2 Å². The summed E-state index contributed by atoms with van der Waals surface area (Å²) < 4.78 is 51.5. The number of para-hydroxylation sites is 1. The highest BCUT2D eigenvalue weighted by Crippen LogP contribution is 2.30. The van der Waals surface area contributed by atoms with E-state index in [0.29, 0.717) is 40.5 Å². The zero-order valence-corrected chi connectivity index (χ0v) is 15.2. The first-order valence-electron chi connectivity index (χ1n) is 8.65. The summed E-state index contributed by atoms with van der Waals surface area (Å²) in [7, 11) is 1.56. The number of pyridine rings is 1. The molecule has 1 heterocycles. The van der Waals surface area contributed by atoms with Crippen LogP contribution in [0.1, 0.15) is 15.9 Å². The molecule has 0 bridgehead atoms. The molecule has 4 aromatic rings. The Bertz CT molecular complexity index is 1260. The maximum atomic E-state index is 14.0. The number of esters is 1. The average Bonchev–Trinajstić information content (AvgIpc) is 2.72. The van der Waals surface area contributed by atoms with Crippen molar-refractivity contribution in [3.63, 3.8) is 0 Å². The summed E-state index contributed by atoms with van der Waals surface area (Å²) in [5.41, 5.74) is 1.91. The number of hydrogen-bond acceptors (Lipinski definition) is 4. The van der Waals surface area contributed by atoms with E-state index < -0.39 is 29.2 Å². The molecule has 1 aromatic heterocycles. The lowest BCUT2D eigenvalue weighted by molar-refractivity contribution is 0.0723. The third-order valence-corrected chi connectivity index (χ3v) is 4.46. The Kier molecular flexibility index (Phi) is 4.90. The second-order valence-electron chi connectivity index (χ2n) is 6.35. The molecule has 0 saturated heterocycles. The molecule has 3 aromatic carbocycles. The van der Waals surface area contributed by atoms with Gasteiger partial charge in [-0.15, -0.1) is 0 Å². The first kappa shape index (κ1) is 18.9. The van der Waals surface area contributed by atoms with Crippen LogP contribution in [0.3, 0.4) is 0 Å². The summed E-state index contributed by atoms with van der Waals surface area (Å²) in [5.74, 6) is -6.16. The summed E-state index contributed by atoms with van der Waals surface area (Å²) >= 11 is 0. The van der Waals surface area contributed by atoms with E-state index in [-0.39, 0.29) is 5.56 Å². The van der Waals surface area contributed by atoms with E-state index in [4.69, 9.17) is 9.47 Å². The van der Waals surface area contributed by atoms with Crippen LogP contribution in [0.4, 0.5) is 13.2 Å². The summed E-state index contributed by atoms with van der Waals surface area (Å²) in [4.78, 5) is 17.5. The van der Waals surface area contributed by atoms with Gasteiger partial charge in [-0.05, 0) is 29.8 Å². The Morgan fingerprint density at radius 1 is 0.931 bits per heavy atom. The van der Waals surface area contributed by atoms with Gasteiger partial charge in [0.25, 0.3) is 0 Å². The van der Waals surface area contributed by atoms with Gasteiger partial charge in [0.2, 0.25) is 11.6 Å². The van der Waals surface area contributed by atoms with E-state index in [2.05, 4.69) is 4.98 Å². The molecule has 29 heavy (non-hydrogen) atoms. The zero-order chi connectivity index (χ0) is 20.5. The van der Waals surface area contributed by atoms with Crippen LogP contribution in [-0.2, 0) is 11.3 Å². The Labute approximate surface area is 163 Å². The van der Waals surface area contributed by atoms with Crippen LogP contribution < -0.4 is 4.74 Å². The Balaban J connectivity index is 1.91. The number of halogens is 3. The molecule has 0 radical (unpaired) electrons. The number of methoxy groups -OCH3 is 1. The fourth-order valence-electron chi connectivity index (χ4n) is 3.16. The number of benzene rings is 3. The van der Waals surface area contributed by atoms with E-state index in [1.54, 1.807) is 49.6 Å². The first-order chi connectivity index (χ1) is 14.0. The monoisotopic (exact) mass is 397 g/mol. The van der Waals surface area contributed by atoms with Gasteiger partial charge in [-0.1, -0.05) is 30.3 Å². The van der Waals surface area contributed by atoms with Gasteiger partial charge in [0.1, 0.15) is 0 Å². The van der Waals surface area contributed by atoms with Gasteiger partial charge in [0, 0.05) is 17.9 Å². The van der Waals surface area contributed by atoms with Gasteiger partial charge in [-0.2, -0.15) is 4.39 Å². The van der Waals surface area contributed by atoms with E-state index in [1.807, 2.05) is 0 Å². The van der Waals surface area contributed by atoms with Gasteiger partial charge in [-0.25, -0.2) is 18.6 Å². The molecule has 0 saturated carbocycles. The van der Waals surface area contributed by atoms with Crippen molar-refractivity contribution >= 4 is 27.8 Å². The van der Waals surface area contributed by atoms with Crippen LogP contribution in [0.5, 0.6) is 5.75 Å². The minimum atomic E-state index is -1.57. The molecule has 0 N–H and O–H groups in total. The highest BCUT2D eigenvalue weighted by atomic mass is 19.2. The van der Waals surface area contributed by atoms with Crippen molar-refractivity contribution in [2.75, 3.05) is 7.11 Å². The largest absolute Gasteiger partial charge is 0.416 e. The van der Waals surface area contributed by atoms with Crippen molar-refractivity contribution < 1.29 is 27.4 Å². The molecular formula is C22H14F3NO3. The SMILES string of the molecule is COCc1ccc2c(C(=O)Oc3c(F)ccc(F)c3F)c3ccccc3nc2c1. The number of fused-ring (bicyclic) bond motifs is 2. The van der Waals surface area contributed by atoms with E-state index in [0.717, 1.165) is 5.56 Å². The van der Waals surface area contributed by atoms with Crippen molar-refractivity contribution in [1.29, 1.82) is 0 Å². The topological polar surface area (TPSA) is 48.4 Å². The molecule has 0 amide bonds. The normalized spacial score (nSPS) is 11.2. The highest BCUT2D eigenvalue weighted by Gasteiger charge is 2.23. The standard InChI is InChI=1S/C22H14F3NO3/c1-28-11-12-6-7-14-18(10-12)26-17-5-3-2-4-13(17)19(14)22(27)29-21-16(24)9-8-15(23)20(21)25/h2-10H,11H2,1H3. The molecule has 0 spiro atoms.